The van der Waals surface area contributed by atoms with Crippen LogP contribution in [0, 0.1) is 0 Å². The Labute approximate surface area is 158 Å². The van der Waals surface area contributed by atoms with Gasteiger partial charge in [0.15, 0.2) is 0 Å². The normalized spacial score (nSPS) is 16.6. The van der Waals surface area contributed by atoms with Gasteiger partial charge in [0, 0.05) is 31.2 Å². The zero-order chi connectivity index (χ0) is 19.8. The van der Waals surface area contributed by atoms with Gasteiger partial charge in [-0.05, 0) is 19.9 Å². The number of H-pyrrole nitrogens is 1. The molecule has 6 nitrogen and oxygen atoms in total. The number of thiazole rings is 1. The van der Waals surface area contributed by atoms with E-state index in [9.17, 15) is 18.0 Å². The van der Waals surface area contributed by atoms with E-state index in [0.717, 1.165) is 36.6 Å². The summed E-state index contributed by atoms with van der Waals surface area (Å²) in [7, 11) is 0. The van der Waals surface area contributed by atoms with Crippen molar-refractivity contribution in [1.82, 2.24) is 10.2 Å². The molecule has 2 aromatic rings. The van der Waals surface area contributed by atoms with Crippen LogP contribution in [0.3, 0.4) is 0 Å². The highest BCUT2D eigenvalue weighted by Crippen LogP contribution is 2.35. The van der Waals surface area contributed by atoms with E-state index in [-0.39, 0.29) is 27.7 Å². The smallest absolute Gasteiger partial charge is 0.397 e. The zero-order valence-corrected chi connectivity index (χ0v) is 15.9. The lowest BCUT2D eigenvalue weighted by molar-refractivity contribution is -0.342. The number of nitrogens with zero attached hydrogens (tertiary/aromatic N) is 1. The summed E-state index contributed by atoms with van der Waals surface area (Å²) in [6.45, 7) is 7.34. The lowest BCUT2D eigenvalue weighted by Crippen LogP contribution is -2.55. The maximum atomic E-state index is 12.9. The van der Waals surface area contributed by atoms with Crippen molar-refractivity contribution < 1.29 is 27.7 Å². The lowest BCUT2D eigenvalue weighted by atomic mass is 10.0. The van der Waals surface area contributed by atoms with Crippen LogP contribution in [0.1, 0.15) is 29.2 Å². The first-order valence-corrected chi connectivity index (χ1v) is 9.33. The highest BCUT2D eigenvalue weighted by atomic mass is 32.1. The number of nitrogen functional groups attached to an aromatic ring is 1. The monoisotopic (exact) mass is 403 g/mol. The second-order valence-electron chi connectivity index (χ2n) is 7.09. The van der Waals surface area contributed by atoms with Crippen LogP contribution in [0.15, 0.2) is 12.1 Å². The summed E-state index contributed by atoms with van der Waals surface area (Å²) in [6, 6.07) is 1.85. The van der Waals surface area contributed by atoms with Crippen LogP contribution >= 0.6 is 11.3 Å². The number of ether oxygens (including phenoxy) is 1. The molecular formula is C17H22F3N4O2S+. The highest BCUT2D eigenvalue weighted by Gasteiger charge is 2.34. The molecule has 0 aliphatic carbocycles. The number of alkyl halides is 3. The molecule has 1 fully saturated rings. The molecule has 3 rings (SSSR count). The number of aromatic nitrogens is 1. The van der Waals surface area contributed by atoms with Gasteiger partial charge in [0.25, 0.3) is 0 Å². The predicted molar refractivity (Wildman–Crippen MR) is 96.6 cm³/mol. The number of hydrogen-bond donors (Lipinski definition) is 2. The van der Waals surface area contributed by atoms with Crippen molar-refractivity contribution in [3.05, 3.63) is 22.7 Å². The van der Waals surface area contributed by atoms with Gasteiger partial charge in [0.1, 0.15) is 4.70 Å². The van der Waals surface area contributed by atoms with Gasteiger partial charge in [0.2, 0.25) is 5.52 Å². The number of rotatable bonds is 4. The third-order valence-corrected chi connectivity index (χ3v) is 5.80. The molecule has 1 amide bonds. The summed E-state index contributed by atoms with van der Waals surface area (Å²) in [5.41, 5.74) is 4.83. The van der Waals surface area contributed by atoms with Crippen LogP contribution < -0.4 is 16.0 Å². The average molecular weight is 403 g/mol. The van der Waals surface area contributed by atoms with Gasteiger partial charge < -0.3 is 15.8 Å². The van der Waals surface area contributed by atoms with Gasteiger partial charge in [-0.25, -0.2) is 0 Å². The third-order valence-electron chi connectivity index (χ3n) is 4.65. The first kappa shape index (κ1) is 19.8. The standard InChI is InChI=1S/C17H21F3N4O2S/c1-16(2,24-3-5-26-6-4-24)9-22-14(25)15-23-12-8-10(17(18,19)20)7-11(21)13(12)27-15/h7-8H,3-6,9,21H2,1-2H3,(H,22,25)/p+1. The molecule has 148 valence electrons. The van der Waals surface area contributed by atoms with E-state index >= 15 is 0 Å². The van der Waals surface area contributed by atoms with E-state index in [2.05, 4.69) is 15.2 Å². The largest absolute Gasteiger partial charge is 0.416 e. The second-order valence-corrected chi connectivity index (χ2v) is 8.11. The Morgan fingerprint density at radius 3 is 2.63 bits per heavy atom. The molecule has 27 heavy (non-hydrogen) atoms. The number of hydrogen-bond acceptors (Lipinski definition) is 5. The molecule has 0 spiro atoms. The Bertz CT molecular complexity index is 845. The Hall–Kier alpha value is -1.91. The van der Waals surface area contributed by atoms with Crippen molar-refractivity contribution in [2.75, 3.05) is 38.6 Å². The summed E-state index contributed by atoms with van der Waals surface area (Å²) in [6.07, 6.45) is -4.50. The molecule has 0 unspecified atom stereocenters. The van der Waals surface area contributed by atoms with E-state index in [0.29, 0.717) is 24.5 Å². The number of fused-ring (bicyclic) bond motifs is 1. The van der Waals surface area contributed by atoms with Gasteiger partial charge in [-0.2, -0.15) is 18.2 Å². The fourth-order valence-corrected chi connectivity index (χ4v) is 3.96. The van der Waals surface area contributed by atoms with Crippen molar-refractivity contribution >= 4 is 33.1 Å². The molecule has 1 aliphatic rings. The number of nitrogens with one attached hydrogen (secondary N) is 2. The van der Waals surface area contributed by atoms with E-state index in [1.54, 1.807) is 0 Å². The molecular weight excluding hydrogens is 381 g/mol. The molecule has 10 heteroatoms. The van der Waals surface area contributed by atoms with Crippen molar-refractivity contribution in [3.63, 3.8) is 0 Å². The van der Waals surface area contributed by atoms with Crippen molar-refractivity contribution in [2.45, 2.75) is 25.6 Å². The SMILES string of the molecule is CC(C)(CNC(=O)c1[nH+]c2cc(C(F)(F)F)cc(N)c2s1)N1CCOCC1. The van der Waals surface area contributed by atoms with Crippen molar-refractivity contribution in [3.8, 4) is 0 Å². The van der Waals surface area contributed by atoms with Crippen LogP contribution in [0.5, 0.6) is 0 Å². The van der Waals surface area contributed by atoms with Crippen LogP contribution in [-0.2, 0) is 10.9 Å². The van der Waals surface area contributed by atoms with E-state index in [1.807, 2.05) is 13.8 Å². The zero-order valence-electron chi connectivity index (χ0n) is 15.1. The number of benzene rings is 1. The Morgan fingerprint density at radius 2 is 2.00 bits per heavy atom. The molecule has 0 bridgehead atoms. The number of aromatic amines is 1. The topological polar surface area (TPSA) is 81.7 Å². The van der Waals surface area contributed by atoms with Crippen LogP contribution in [0.4, 0.5) is 18.9 Å². The number of carbonyl (C=O) groups is 1. The second kappa shape index (κ2) is 7.25. The van der Waals surface area contributed by atoms with Gasteiger partial charge in [-0.1, -0.05) is 11.3 Å². The van der Waals surface area contributed by atoms with Crippen LogP contribution in [0.2, 0.25) is 0 Å². The maximum absolute atomic E-state index is 12.9. The minimum Gasteiger partial charge on any atom is -0.397 e. The summed E-state index contributed by atoms with van der Waals surface area (Å²) in [4.78, 5) is 17.5. The summed E-state index contributed by atoms with van der Waals surface area (Å²) in [5, 5.41) is 3.07. The number of carbonyl (C=O) groups excluding carboxylic acids is 1. The lowest BCUT2D eigenvalue weighted by Gasteiger charge is -2.40. The van der Waals surface area contributed by atoms with Gasteiger partial charge in [-0.15, -0.1) is 0 Å². The summed E-state index contributed by atoms with van der Waals surface area (Å²) < 4.78 is 44.6. The minimum absolute atomic E-state index is 0.00577. The first-order valence-electron chi connectivity index (χ1n) is 8.51. The highest BCUT2D eigenvalue weighted by molar-refractivity contribution is 7.20. The fourth-order valence-electron chi connectivity index (χ4n) is 3.03. The minimum atomic E-state index is -4.50. The molecule has 4 N–H and O–H groups in total. The van der Waals surface area contributed by atoms with Crippen LogP contribution in [0.25, 0.3) is 10.2 Å². The summed E-state index contributed by atoms with van der Waals surface area (Å²) >= 11 is 1.04. The van der Waals surface area contributed by atoms with E-state index in [4.69, 9.17) is 10.5 Å². The fraction of sp³-hybridized carbons (Fsp3) is 0.529. The quantitative estimate of drug-likeness (QED) is 0.767. The maximum Gasteiger partial charge on any atom is 0.416 e. The molecule has 1 aliphatic heterocycles. The number of morpholine rings is 1. The first-order chi connectivity index (χ1) is 12.6. The van der Waals surface area contributed by atoms with Crippen LogP contribution in [-0.4, -0.2) is 49.2 Å². The molecule has 0 saturated carbocycles. The number of anilines is 1. The van der Waals surface area contributed by atoms with Gasteiger partial charge in [-0.3, -0.25) is 9.69 Å². The van der Waals surface area contributed by atoms with E-state index < -0.39 is 11.7 Å². The number of halogens is 3. The van der Waals surface area contributed by atoms with Crippen molar-refractivity contribution in [1.29, 1.82) is 0 Å². The predicted octanol–water partition coefficient (Wildman–Crippen LogP) is 2.16. The molecule has 1 aromatic carbocycles. The Kier molecular flexibility index (Phi) is 5.33. The number of nitrogens with two attached hydrogens (primary N) is 1. The number of amides is 1. The van der Waals surface area contributed by atoms with Gasteiger partial charge in [0.05, 0.1) is 24.5 Å². The molecule has 1 saturated heterocycles. The molecule has 0 radical (unpaired) electrons. The van der Waals surface area contributed by atoms with Gasteiger partial charge >= 0.3 is 17.1 Å². The Balaban J connectivity index is 1.75. The van der Waals surface area contributed by atoms with E-state index in [1.165, 1.54) is 0 Å². The Morgan fingerprint density at radius 1 is 1.33 bits per heavy atom. The summed E-state index contributed by atoms with van der Waals surface area (Å²) in [5.74, 6) is -0.370. The molecule has 2 heterocycles. The average Bonchev–Trinajstić information content (AvgIpc) is 3.05. The molecule has 1 aromatic heterocycles. The molecule has 0 atom stereocenters. The van der Waals surface area contributed by atoms with Crippen molar-refractivity contribution in [2.24, 2.45) is 0 Å². The third kappa shape index (κ3) is 4.33.